The number of fused-ring (bicyclic) bond motifs is 1. The minimum Gasteiger partial charge on any atom is -0.306 e. The van der Waals surface area contributed by atoms with E-state index in [4.69, 9.17) is 0 Å². The number of nitrogens with one attached hydrogen (secondary N) is 1. The van der Waals surface area contributed by atoms with Crippen molar-refractivity contribution in [1.82, 2.24) is 24.6 Å². The number of rotatable bonds is 2. The second-order valence-corrected chi connectivity index (χ2v) is 5.74. The van der Waals surface area contributed by atoms with Gasteiger partial charge < -0.3 is 4.98 Å². The van der Waals surface area contributed by atoms with Crippen molar-refractivity contribution in [3.8, 4) is 22.4 Å². The van der Waals surface area contributed by atoms with Crippen LogP contribution in [-0.4, -0.2) is 24.6 Å². The lowest BCUT2D eigenvalue weighted by molar-refractivity contribution is 0.999. The molecule has 0 radical (unpaired) electrons. The highest BCUT2D eigenvalue weighted by atomic mass is 16.1. The van der Waals surface area contributed by atoms with Gasteiger partial charge in [-0.05, 0) is 42.7 Å². The van der Waals surface area contributed by atoms with Gasteiger partial charge >= 0.3 is 5.69 Å². The van der Waals surface area contributed by atoms with Crippen LogP contribution in [0, 0.1) is 13.8 Å². The van der Waals surface area contributed by atoms with E-state index in [2.05, 4.69) is 46.1 Å². The second-order valence-electron chi connectivity index (χ2n) is 5.74. The summed E-state index contributed by atoms with van der Waals surface area (Å²) in [4.78, 5) is 19.4. The molecule has 118 valence electrons. The van der Waals surface area contributed by atoms with Crippen molar-refractivity contribution in [2.75, 3.05) is 0 Å². The molecule has 0 atom stereocenters. The number of nitrogens with zero attached hydrogens (tertiary/aromatic N) is 4. The third-order valence-corrected chi connectivity index (χ3v) is 4.24. The van der Waals surface area contributed by atoms with Gasteiger partial charge in [0.1, 0.15) is 6.33 Å². The summed E-state index contributed by atoms with van der Waals surface area (Å²) < 4.78 is 1.43. The lowest BCUT2D eigenvalue weighted by Gasteiger charge is -2.12. The van der Waals surface area contributed by atoms with Crippen LogP contribution in [0.15, 0.2) is 53.8 Å². The first-order valence-electron chi connectivity index (χ1n) is 7.59. The Morgan fingerprint density at radius 3 is 2.54 bits per heavy atom. The van der Waals surface area contributed by atoms with E-state index in [1.54, 1.807) is 12.4 Å². The molecule has 0 aliphatic carbocycles. The molecule has 3 heterocycles. The molecule has 4 rings (SSSR count). The summed E-state index contributed by atoms with van der Waals surface area (Å²) in [7, 11) is 0. The van der Waals surface area contributed by atoms with Crippen molar-refractivity contribution in [2.45, 2.75) is 13.8 Å². The Morgan fingerprint density at radius 1 is 1.00 bits per heavy atom. The molecule has 3 aromatic heterocycles. The molecule has 6 heteroatoms. The number of H-pyrrole nitrogens is 1. The summed E-state index contributed by atoms with van der Waals surface area (Å²) in [5, 5.41) is 8.08. The maximum absolute atomic E-state index is 12.4. The Labute approximate surface area is 137 Å². The largest absolute Gasteiger partial charge is 0.333 e. The van der Waals surface area contributed by atoms with Crippen LogP contribution in [0.2, 0.25) is 0 Å². The number of aromatic nitrogens is 5. The number of hydrogen-bond acceptors (Lipinski definition) is 4. The van der Waals surface area contributed by atoms with E-state index in [0.717, 1.165) is 16.7 Å². The van der Waals surface area contributed by atoms with Crippen LogP contribution >= 0.6 is 0 Å². The van der Waals surface area contributed by atoms with E-state index in [-0.39, 0.29) is 5.69 Å². The molecule has 1 aromatic carbocycles. The first-order valence-corrected chi connectivity index (χ1v) is 7.59. The third-order valence-electron chi connectivity index (χ3n) is 4.24. The molecular formula is C18H15N5O. The van der Waals surface area contributed by atoms with Gasteiger partial charge in [0.05, 0.1) is 11.3 Å². The Bertz CT molecular complexity index is 1100. The Balaban J connectivity index is 2.12. The topological polar surface area (TPSA) is 75.9 Å². The zero-order valence-electron chi connectivity index (χ0n) is 13.3. The van der Waals surface area contributed by atoms with Gasteiger partial charge in [0, 0.05) is 18.0 Å². The average molecular weight is 317 g/mol. The molecule has 0 amide bonds. The molecule has 0 unspecified atom stereocenters. The first kappa shape index (κ1) is 14.3. The van der Waals surface area contributed by atoms with Gasteiger partial charge in [-0.1, -0.05) is 18.2 Å². The summed E-state index contributed by atoms with van der Waals surface area (Å²) in [5.41, 5.74) is 6.08. The van der Waals surface area contributed by atoms with E-state index in [9.17, 15) is 4.79 Å². The fourth-order valence-corrected chi connectivity index (χ4v) is 2.80. The predicted molar refractivity (Wildman–Crippen MR) is 91.7 cm³/mol. The number of hydrogen-bond donors (Lipinski definition) is 1. The van der Waals surface area contributed by atoms with Gasteiger partial charge in [0.15, 0.2) is 5.65 Å². The van der Waals surface area contributed by atoms with Crippen molar-refractivity contribution in [3.05, 3.63) is 70.7 Å². The fraction of sp³-hybridized carbons (Fsp3) is 0.111. The predicted octanol–water partition coefficient (Wildman–Crippen LogP) is 2.76. The zero-order valence-corrected chi connectivity index (χ0v) is 13.3. The Kier molecular flexibility index (Phi) is 3.23. The van der Waals surface area contributed by atoms with E-state index in [0.29, 0.717) is 11.3 Å². The lowest BCUT2D eigenvalue weighted by Crippen LogP contribution is -2.17. The van der Waals surface area contributed by atoms with Crippen molar-refractivity contribution in [2.24, 2.45) is 0 Å². The fourth-order valence-electron chi connectivity index (χ4n) is 2.80. The maximum Gasteiger partial charge on any atom is 0.333 e. The summed E-state index contributed by atoms with van der Waals surface area (Å²) in [6, 6.07) is 9.93. The molecule has 0 saturated carbocycles. The molecule has 6 nitrogen and oxygen atoms in total. The molecule has 0 aliphatic rings. The standard InChI is InChI=1S/C18H15N5O/c1-11-3-4-14(9-12(11)2)15-16(13-5-7-19-8-6-13)21-18(24)23-10-20-22-17(15)23/h3-10H,1-2H3,(H,21,24). The van der Waals surface area contributed by atoms with Crippen molar-refractivity contribution in [3.63, 3.8) is 0 Å². The van der Waals surface area contributed by atoms with E-state index in [1.807, 2.05) is 18.2 Å². The Hall–Kier alpha value is -3.28. The molecule has 0 bridgehead atoms. The summed E-state index contributed by atoms with van der Waals surface area (Å²) >= 11 is 0. The SMILES string of the molecule is Cc1ccc(-c2c(-c3ccncc3)[nH]c(=O)n3cnnc23)cc1C. The Morgan fingerprint density at radius 2 is 1.79 bits per heavy atom. The molecule has 1 N–H and O–H groups in total. The van der Waals surface area contributed by atoms with Crippen molar-refractivity contribution >= 4 is 5.65 Å². The molecule has 0 saturated heterocycles. The average Bonchev–Trinajstić information content (AvgIpc) is 3.08. The highest BCUT2D eigenvalue weighted by Gasteiger charge is 2.17. The van der Waals surface area contributed by atoms with Crippen LogP contribution in [0.1, 0.15) is 11.1 Å². The van der Waals surface area contributed by atoms with E-state index < -0.39 is 0 Å². The smallest absolute Gasteiger partial charge is 0.306 e. The van der Waals surface area contributed by atoms with Crippen LogP contribution in [0.25, 0.3) is 28.0 Å². The normalized spacial score (nSPS) is 11.1. The van der Waals surface area contributed by atoms with Crippen molar-refractivity contribution in [1.29, 1.82) is 0 Å². The highest BCUT2D eigenvalue weighted by molar-refractivity contribution is 5.89. The number of benzene rings is 1. The number of aryl methyl sites for hydroxylation is 2. The molecule has 0 fully saturated rings. The second kappa shape index (κ2) is 5.42. The number of pyridine rings is 1. The quantitative estimate of drug-likeness (QED) is 0.617. The third kappa shape index (κ3) is 2.20. The molecule has 24 heavy (non-hydrogen) atoms. The molecular weight excluding hydrogens is 302 g/mol. The van der Waals surface area contributed by atoms with Gasteiger partial charge in [-0.3, -0.25) is 4.98 Å². The minimum absolute atomic E-state index is 0.269. The van der Waals surface area contributed by atoms with E-state index in [1.165, 1.54) is 21.9 Å². The summed E-state index contributed by atoms with van der Waals surface area (Å²) in [5.74, 6) is 0. The molecule has 0 spiro atoms. The maximum atomic E-state index is 12.4. The summed E-state index contributed by atoms with van der Waals surface area (Å²) in [6.07, 6.45) is 4.83. The van der Waals surface area contributed by atoms with Crippen LogP contribution in [0.5, 0.6) is 0 Å². The van der Waals surface area contributed by atoms with Gasteiger partial charge in [0.25, 0.3) is 0 Å². The summed E-state index contributed by atoms with van der Waals surface area (Å²) in [6.45, 7) is 4.14. The van der Waals surface area contributed by atoms with Gasteiger partial charge in [0.2, 0.25) is 0 Å². The number of aromatic amines is 1. The lowest BCUT2D eigenvalue weighted by atomic mass is 9.97. The van der Waals surface area contributed by atoms with E-state index >= 15 is 0 Å². The van der Waals surface area contributed by atoms with Gasteiger partial charge in [-0.25, -0.2) is 9.20 Å². The zero-order chi connectivity index (χ0) is 16.7. The van der Waals surface area contributed by atoms with Gasteiger partial charge in [-0.15, -0.1) is 10.2 Å². The first-order chi connectivity index (χ1) is 11.6. The molecule has 4 aromatic rings. The van der Waals surface area contributed by atoms with Crippen LogP contribution in [0.4, 0.5) is 0 Å². The van der Waals surface area contributed by atoms with Crippen LogP contribution in [0.3, 0.4) is 0 Å². The monoisotopic (exact) mass is 317 g/mol. The van der Waals surface area contributed by atoms with Gasteiger partial charge in [-0.2, -0.15) is 0 Å². The highest BCUT2D eigenvalue weighted by Crippen LogP contribution is 2.32. The molecule has 0 aliphatic heterocycles. The van der Waals surface area contributed by atoms with Crippen molar-refractivity contribution < 1.29 is 0 Å². The van der Waals surface area contributed by atoms with Crippen LogP contribution < -0.4 is 5.69 Å². The van der Waals surface area contributed by atoms with Crippen LogP contribution in [-0.2, 0) is 0 Å². The minimum atomic E-state index is -0.269.